The van der Waals surface area contributed by atoms with Crippen LogP contribution in [0.5, 0.6) is 0 Å². The van der Waals surface area contributed by atoms with Gasteiger partial charge >= 0.3 is 6.09 Å². The SMILES string of the molecule is O=Cc1nc(-c2ccccc2)ccc1NC(=O)O. The Morgan fingerprint density at radius 1 is 1.17 bits per heavy atom. The van der Waals surface area contributed by atoms with Gasteiger partial charge in [-0.05, 0) is 12.1 Å². The Bertz CT molecular complexity index is 582. The van der Waals surface area contributed by atoms with E-state index in [1.54, 1.807) is 6.07 Å². The zero-order valence-electron chi connectivity index (χ0n) is 9.33. The highest BCUT2D eigenvalue weighted by Crippen LogP contribution is 2.20. The van der Waals surface area contributed by atoms with Crippen molar-refractivity contribution in [2.45, 2.75) is 0 Å². The lowest BCUT2D eigenvalue weighted by Gasteiger charge is -2.06. The predicted octanol–water partition coefficient (Wildman–Crippen LogP) is 2.65. The number of aldehydes is 1. The van der Waals surface area contributed by atoms with Crippen molar-refractivity contribution < 1.29 is 14.7 Å². The quantitative estimate of drug-likeness (QED) is 0.811. The van der Waals surface area contributed by atoms with Gasteiger partial charge in [-0.1, -0.05) is 30.3 Å². The van der Waals surface area contributed by atoms with E-state index in [1.165, 1.54) is 6.07 Å². The molecule has 1 amide bonds. The van der Waals surface area contributed by atoms with E-state index >= 15 is 0 Å². The fourth-order valence-electron chi connectivity index (χ4n) is 1.56. The van der Waals surface area contributed by atoms with Gasteiger partial charge in [0.15, 0.2) is 6.29 Å². The zero-order chi connectivity index (χ0) is 13.0. The molecule has 5 heteroatoms. The Morgan fingerprint density at radius 2 is 1.89 bits per heavy atom. The first-order chi connectivity index (χ1) is 8.70. The van der Waals surface area contributed by atoms with Gasteiger partial charge in [-0.2, -0.15) is 0 Å². The van der Waals surface area contributed by atoms with Crippen LogP contribution in [0.4, 0.5) is 10.5 Å². The number of hydrogen-bond acceptors (Lipinski definition) is 3. The largest absolute Gasteiger partial charge is 0.465 e. The Hall–Kier alpha value is -2.69. The van der Waals surface area contributed by atoms with Crippen LogP contribution in [0.3, 0.4) is 0 Å². The number of aromatic nitrogens is 1. The van der Waals surface area contributed by atoms with Crippen molar-refractivity contribution in [1.29, 1.82) is 0 Å². The Kier molecular flexibility index (Phi) is 3.33. The molecule has 90 valence electrons. The second-order valence-electron chi connectivity index (χ2n) is 3.54. The van der Waals surface area contributed by atoms with E-state index in [0.717, 1.165) is 5.56 Å². The molecule has 0 aliphatic rings. The molecule has 2 aromatic rings. The van der Waals surface area contributed by atoms with Crippen LogP contribution in [0.25, 0.3) is 11.3 Å². The number of carbonyl (C=O) groups is 2. The number of anilines is 1. The Labute approximate surface area is 103 Å². The van der Waals surface area contributed by atoms with Crippen LogP contribution >= 0.6 is 0 Å². The van der Waals surface area contributed by atoms with Gasteiger partial charge in [0.2, 0.25) is 0 Å². The van der Waals surface area contributed by atoms with Gasteiger partial charge in [0.25, 0.3) is 0 Å². The highest BCUT2D eigenvalue weighted by atomic mass is 16.4. The van der Waals surface area contributed by atoms with E-state index in [1.807, 2.05) is 30.3 Å². The van der Waals surface area contributed by atoms with Crippen LogP contribution < -0.4 is 5.32 Å². The number of benzene rings is 1. The molecule has 0 aliphatic carbocycles. The fraction of sp³-hybridized carbons (Fsp3) is 0. The molecular formula is C13H10N2O3. The van der Waals surface area contributed by atoms with Gasteiger partial charge in [0, 0.05) is 5.56 Å². The molecule has 2 rings (SSSR count). The van der Waals surface area contributed by atoms with Crippen LogP contribution in [0.15, 0.2) is 42.5 Å². The molecular weight excluding hydrogens is 232 g/mol. The molecule has 0 radical (unpaired) electrons. The number of carboxylic acid groups (broad SMARTS) is 1. The molecule has 0 unspecified atom stereocenters. The number of rotatable bonds is 3. The lowest BCUT2D eigenvalue weighted by atomic mass is 10.1. The topological polar surface area (TPSA) is 79.3 Å². The number of pyridine rings is 1. The van der Waals surface area contributed by atoms with Crippen molar-refractivity contribution in [3.63, 3.8) is 0 Å². The van der Waals surface area contributed by atoms with Crippen molar-refractivity contribution in [2.75, 3.05) is 5.32 Å². The van der Waals surface area contributed by atoms with E-state index < -0.39 is 6.09 Å². The van der Waals surface area contributed by atoms with Gasteiger partial charge in [-0.15, -0.1) is 0 Å². The van der Waals surface area contributed by atoms with Gasteiger partial charge in [-0.25, -0.2) is 9.78 Å². The third-order valence-corrected chi connectivity index (χ3v) is 2.35. The maximum absolute atomic E-state index is 10.9. The molecule has 0 fully saturated rings. The summed E-state index contributed by atoms with van der Waals surface area (Å²) in [6.45, 7) is 0. The van der Waals surface area contributed by atoms with Crippen LogP contribution in [0.1, 0.15) is 10.5 Å². The van der Waals surface area contributed by atoms with E-state index in [2.05, 4.69) is 10.3 Å². The van der Waals surface area contributed by atoms with Crippen LogP contribution in [0, 0.1) is 0 Å². The third-order valence-electron chi connectivity index (χ3n) is 2.35. The monoisotopic (exact) mass is 242 g/mol. The van der Waals surface area contributed by atoms with E-state index in [0.29, 0.717) is 12.0 Å². The van der Waals surface area contributed by atoms with E-state index in [9.17, 15) is 9.59 Å². The summed E-state index contributed by atoms with van der Waals surface area (Å²) >= 11 is 0. The predicted molar refractivity (Wildman–Crippen MR) is 66.7 cm³/mol. The second kappa shape index (κ2) is 5.09. The minimum Gasteiger partial charge on any atom is -0.465 e. The van der Waals surface area contributed by atoms with Crippen molar-refractivity contribution >= 4 is 18.1 Å². The number of nitrogens with one attached hydrogen (secondary N) is 1. The lowest BCUT2D eigenvalue weighted by molar-refractivity contribution is 0.112. The molecule has 18 heavy (non-hydrogen) atoms. The molecule has 1 aromatic carbocycles. The molecule has 2 N–H and O–H groups in total. The first-order valence-corrected chi connectivity index (χ1v) is 5.22. The summed E-state index contributed by atoms with van der Waals surface area (Å²) in [5.74, 6) is 0. The second-order valence-corrected chi connectivity index (χ2v) is 3.54. The van der Waals surface area contributed by atoms with Crippen molar-refractivity contribution in [3.8, 4) is 11.3 Å². The molecule has 1 aromatic heterocycles. The maximum atomic E-state index is 10.9. The summed E-state index contributed by atoms with van der Waals surface area (Å²) in [5.41, 5.74) is 1.73. The lowest BCUT2D eigenvalue weighted by Crippen LogP contribution is -2.10. The summed E-state index contributed by atoms with van der Waals surface area (Å²) in [6.07, 6.45) is -0.704. The fourth-order valence-corrected chi connectivity index (χ4v) is 1.56. The molecule has 0 spiro atoms. The number of nitrogens with zero attached hydrogens (tertiary/aromatic N) is 1. The van der Waals surface area contributed by atoms with Gasteiger partial charge < -0.3 is 5.11 Å². The smallest absolute Gasteiger partial charge is 0.409 e. The van der Waals surface area contributed by atoms with Gasteiger partial charge in [0.1, 0.15) is 5.69 Å². The summed E-state index contributed by atoms with van der Waals surface area (Å²) in [7, 11) is 0. The van der Waals surface area contributed by atoms with E-state index in [4.69, 9.17) is 5.11 Å². The molecule has 0 bridgehead atoms. The van der Waals surface area contributed by atoms with Gasteiger partial charge in [0.05, 0.1) is 11.4 Å². The average molecular weight is 242 g/mol. The Balaban J connectivity index is 2.42. The highest BCUT2D eigenvalue weighted by molar-refractivity contribution is 5.91. The van der Waals surface area contributed by atoms with Gasteiger partial charge in [-0.3, -0.25) is 10.1 Å². The minimum absolute atomic E-state index is 0.0683. The van der Waals surface area contributed by atoms with Crippen LogP contribution in [0.2, 0.25) is 0 Å². The maximum Gasteiger partial charge on any atom is 0.409 e. The summed E-state index contributed by atoms with van der Waals surface area (Å²) < 4.78 is 0. The molecule has 1 heterocycles. The summed E-state index contributed by atoms with van der Waals surface area (Å²) in [4.78, 5) is 25.6. The first kappa shape index (κ1) is 11.8. The highest BCUT2D eigenvalue weighted by Gasteiger charge is 2.08. The third kappa shape index (κ3) is 2.52. The number of hydrogen-bond donors (Lipinski definition) is 2. The zero-order valence-corrected chi connectivity index (χ0v) is 9.33. The molecule has 0 atom stereocenters. The minimum atomic E-state index is -1.23. The van der Waals surface area contributed by atoms with Crippen molar-refractivity contribution in [2.24, 2.45) is 0 Å². The molecule has 0 aliphatic heterocycles. The Morgan fingerprint density at radius 3 is 2.50 bits per heavy atom. The summed E-state index contributed by atoms with van der Waals surface area (Å²) in [6, 6.07) is 12.5. The van der Waals surface area contributed by atoms with Crippen molar-refractivity contribution in [3.05, 3.63) is 48.2 Å². The first-order valence-electron chi connectivity index (χ1n) is 5.22. The molecule has 0 saturated heterocycles. The summed E-state index contributed by atoms with van der Waals surface area (Å²) in [5, 5.41) is 10.7. The van der Waals surface area contributed by atoms with Crippen molar-refractivity contribution in [1.82, 2.24) is 4.98 Å². The average Bonchev–Trinajstić information content (AvgIpc) is 2.39. The van der Waals surface area contributed by atoms with Crippen LogP contribution in [-0.4, -0.2) is 22.5 Å². The van der Waals surface area contributed by atoms with E-state index in [-0.39, 0.29) is 11.4 Å². The standard InChI is InChI=1S/C13H10N2O3/c16-8-12-11(15-13(17)18)7-6-10(14-12)9-4-2-1-3-5-9/h1-8,15H,(H,17,18). The number of carbonyl (C=O) groups excluding carboxylic acids is 1. The van der Waals surface area contributed by atoms with Crippen LogP contribution in [-0.2, 0) is 0 Å². The number of amides is 1. The molecule has 0 saturated carbocycles. The molecule has 5 nitrogen and oxygen atoms in total. The normalized spacial score (nSPS) is 9.78.